The molecule has 0 amide bonds. The van der Waals surface area contributed by atoms with Crippen LogP contribution in [0.25, 0.3) is 21.9 Å². The van der Waals surface area contributed by atoms with Gasteiger partial charge in [0.15, 0.2) is 0 Å². The molecule has 6 nitrogen and oxygen atoms in total. The second-order valence-corrected chi connectivity index (χ2v) is 5.41. The van der Waals surface area contributed by atoms with E-state index < -0.39 is 12.0 Å². The van der Waals surface area contributed by atoms with Crippen molar-refractivity contribution in [1.82, 2.24) is 25.1 Å². The van der Waals surface area contributed by atoms with Gasteiger partial charge in [-0.15, -0.1) is 0 Å². The summed E-state index contributed by atoms with van der Waals surface area (Å²) in [6, 6.07) is 7.01. The van der Waals surface area contributed by atoms with Crippen LogP contribution in [0.2, 0.25) is 0 Å². The summed E-state index contributed by atoms with van der Waals surface area (Å²) in [6.45, 7) is 1.75. The molecule has 0 fully saturated rings. The molecule has 0 aliphatic heterocycles. The average molecular weight is 332 g/mol. The molecule has 0 unspecified atom stereocenters. The molecule has 0 bridgehead atoms. The summed E-state index contributed by atoms with van der Waals surface area (Å²) in [6.07, 6.45) is -2.96. The summed E-state index contributed by atoms with van der Waals surface area (Å²) in [4.78, 5) is 10.0. The standard InChI is InChI=1S/C15H11F3N6/c1-7-4-10-12(20-7)22-14(15(16,17)18)23-13(10)21-9-3-2-8-6-19-24-11(8)5-9/h2-6H,1H3,(H,19,24)(H2,20,21,22,23). The molecule has 9 heteroatoms. The van der Waals surface area contributed by atoms with Crippen molar-refractivity contribution in [3.63, 3.8) is 0 Å². The molecule has 122 valence electrons. The maximum absolute atomic E-state index is 13.0. The van der Waals surface area contributed by atoms with Crippen molar-refractivity contribution in [2.24, 2.45) is 0 Å². The molecule has 4 rings (SSSR count). The van der Waals surface area contributed by atoms with Gasteiger partial charge in [0.05, 0.1) is 17.1 Å². The first-order valence-electron chi connectivity index (χ1n) is 7.05. The number of H-pyrrole nitrogens is 2. The fourth-order valence-electron chi connectivity index (χ4n) is 2.51. The Kier molecular flexibility index (Phi) is 2.99. The summed E-state index contributed by atoms with van der Waals surface area (Å²) >= 11 is 0. The SMILES string of the molecule is Cc1cc2c(Nc3ccc4cn[nH]c4c3)nc(C(F)(F)F)nc2[nH]1. The van der Waals surface area contributed by atoms with Crippen molar-refractivity contribution in [2.45, 2.75) is 13.1 Å². The summed E-state index contributed by atoms with van der Waals surface area (Å²) in [5, 5.41) is 11.1. The van der Waals surface area contributed by atoms with Crippen LogP contribution in [0.3, 0.4) is 0 Å². The number of nitrogens with zero attached hydrogens (tertiary/aromatic N) is 3. The van der Waals surface area contributed by atoms with Gasteiger partial charge in [0.1, 0.15) is 11.5 Å². The molecule has 0 saturated heterocycles. The largest absolute Gasteiger partial charge is 0.451 e. The van der Waals surface area contributed by atoms with Gasteiger partial charge in [0.2, 0.25) is 5.82 Å². The quantitative estimate of drug-likeness (QED) is 0.520. The molecule has 0 spiro atoms. The smallest absolute Gasteiger partial charge is 0.343 e. The number of aromatic amines is 2. The number of fused-ring (bicyclic) bond motifs is 2. The van der Waals surface area contributed by atoms with E-state index in [-0.39, 0.29) is 11.5 Å². The van der Waals surface area contributed by atoms with Crippen molar-refractivity contribution >= 4 is 33.4 Å². The zero-order chi connectivity index (χ0) is 16.9. The lowest BCUT2D eigenvalue weighted by molar-refractivity contribution is -0.144. The van der Waals surface area contributed by atoms with Crippen LogP contribution in [0.1, 0.15) is 11.5 Å². The molecule has 0 aliphatic rings. The molecule has 3 aromatic heterocycles. The van der Waals surface area contributed by atoms with Crippen LogP contribution in [0.15, 0.2) is 30.5 Å². The van der Waals surface area contributed by atoms with Crippen molar-refractivity contribution in [3.05, 3.63) is 42.0 Å². The summed E-state index contributed by atoms with van der Waals surface area (Å²) in [7, 11) is 0. The first-order chi connectivity index (χ1) is 11.4. The maximum Gasteiger partial charge on any atom is 0.451 e. The van der Waals surface area contributed by atoms with Gasteiger partial charge in [-0.1, -0.05) is 0 Å². The topological polar surface area (TPSA) is 82.3 Å². The molecule has 0 atom stereocenters. The van der Waals surface area contributed by atoms with Crippen LogP contribution in [0.4, 0.5) is 24.7 Å². The number of anilines is 2. The van der Waals surface area contributed by atoms with Crippen molar-refractivity contribution in [3.8, 4) is 0 Å². The highest BCUT2D eigenvalue weighted by Gasteiger charge is 2.35. The molecule has 24 heavy (non-hydrogen) atoms. The molecular formula is C15H11F3N6. The van der Waals surface area contributed by atoms with E-state index in [4.69, 9.17) is 0 Å². The lowest BCUT2D eigenvalue weighted by Gasteiger charge is -2.10. The van der Waals surface area contributed by atoms with Gasteiger partial charge in [0, 0.05) is 16.8 Å². The van der Waals surface area contributed by atoms with E-state index in [2.05, 4.69) is 30.5 Å². The number of aryl methyl sites for hydroxylation is 1. The van der Waals surface area contributed by atoms with Crippen LogP contribution in [0, 0.1) is 6.92 Å². The molecule has 0 aliphatic carbocycles. The van der Waals surface area contributed by atoms with Crippen LogP contribution in [-0.4, -0.2) is 25.1 Å². The lowest BCUT2D eigenvalue weighted by atomic mass is 10.2. The van der Waals surface area contributed by atoms with E-state index in [9.17, 15) is 13.2 Å². The second kappa shape index (κ2) is 4.95. The van der Waals surface area contributed by atoms with Crippen molar-refractivity contribution in [2.75, 3.05) is 5.32 Å². The van der Waals surface area contributed by atoms with Gasteiger partial charge in [-0.3, -0.25) is 5.10 Å². The molecule has 3 heterocycles. The van der Waals surface area contributed by atoms with E-state index >= 15 is 0 Å². The highest BCUT2D eigenvalue weighted by molar-refractivity contribution is 5.91. The minimum atomic E-state index is -4.63. The first kappa shape index (κ1) is 14.5. The van der Waals surface area contributed by atoms with Gasteiger partial charge < -0.3 is 10.3 Å². The van der Waals surface area contributed by atoms with Crippen LogP contribution >= 0.6 is 0 Å². The lowest BCUT2D eigenvalue weighted by Crippen LogP contribution is -2.12. The zero-order valence-electron chi connectivity index (χ0n) is 12.4. The van der Waals surface area contributed by atoms with Gasteiger partial charge in [-0.25, -0.2) is 9.97 Å². The third kappa shape index (κ3) is 2.43. The molecule has 1 aromatic carbocycles. The Bertz CT molecular complexity index is 1050. The number of nitrogens with one attached hydrogen (secondary N) is 3. The Balaban J connectivity index is 1.84. The number of halogens is 3. The number of benzene rings is 1. The fraction of sp³-hybridized carbons (Fsp3) is 0.133. The fourth-order valence-corrected chi connectivity index (χ4v) is 2.51. The van der Waals surface area contributed by atoms with Gasteiger partial charge >= 0.3 is 6.18 Å². The van der Waals surface area contributed by atoms with Gasteiger partial charge in [-0.05, 0) is 31.2 Å². The molecule has 3 N–H and O–H groups in total. The van der Waals surface area contributed by atoms with E-state index in [1.807, 2.05) is 6.07 Å². The third-order valence-corrected chi connectivity index (χ3v) is 3.58. The Morgan fingerprint density at radius 3 is 2.75 bits per heavy atom. The number of alkyl halides is 3. The first-order valence-corrected chi connectivity index (χ1v) is 7.05. The van der Waals surface area contributed by atoms with Gasteiger partial charge in [0.25, 0.3) is 0 Å². The number of aromatic nitrogens is 5. The van der Waals surface area contributed by atoms with Crippen LogP contribution in [0.5, 0.6) is 0 Å². The summed E-state index contributed by atoms with van der Waals surface area (Å²) in [5.41, 5.74) is 2.20. The monoisotopic (exact) mass is 332 g/mol. The average Bonchev–Trinajstić information content (AvgIpc) is 3.11. The minimum absolute atomic E-state index is 0.0931. The van der Waals surface area contributed by atoms with Crippen LogP contribution < -0.4 is 5.32 Å². The molecular weight excluding hydrogens is 321 g/mol. The van der Waals surface area contributed by atoms with Crippen LogP contribution in [-0.2, 0) is 6.18 Å². The highest BCUT2D eigenvalue weighted by atomic mass is 19.4. The second-order valence-electron chi connectivity index (χ2n) is 5.41. The van der Waals surface area contributed by atoms with Crippen molar-refractivity contribution in [1.29, 1.82) is 0 Å². The summed E-state index contributed by atoms with van der Waals surface area (Å²) < 4.78 is 39.1. The Labute approximate surface area is 133 Å². The normalized spacial score (nSPS) is 12.2. The number of hydrogen-bond acceptors (Lipinski definition) is 4. The van der Waals surface area contributed by atoms with E-state index in [1.54, 1.807) is 31.3 Å². The van der Waals surface area contributed by atoms with E-state index in [0.717, 1.165) is 10.9 Å². The Hall–Kier alpha value is -3.10. The maximum atomic E-state index is 13.0. The van der Waals surface area contributed by atoms with E-state index in [0.29, 0.717) is 16.8 Å². The predicted molar refractivity (Wildman–Crippen MR) is 83.0 cm³/mol. The predicted octanol–water partition coefficient (Wildman–Crippen LogP) is 3.91. The number of hydrogen-bond donors (Lipinski definition) is 3. The zero-order valence-corrected chi connectivity index (χ0v) is 12.4. The Morgan fingerprint density at radius 2 is 1.96 bits per heavy atom. The minimum Gasteiger partial charge on any atom is -0.343 e. The molecule has 4 aromatic rings. The highest BCUT2D eigenvalue weighted by Crippen LogP contribution is 2.32. The molecule has 0 saturated carbocycles. The number of rotatable bonds is 2. The van der Waals surface area contributed by atoms with E-state index in [1.165, 1.54) is 0 Å². The molecule has 0 radical (unpaired) electrons. The third-order valence-electron chi connectivity index (χ3n) is 3.58. The van der Waals surface area contributed by atoms with Gasteiger partial charge in [-0.2, -0.15) is 18.3 Å². The Morgan fingerprint density at radius 1 is 1.12 bits per heavy atom. The van der Waals surface area contributed by atoms with Crippen molar-refractivity contribution < 1.29 is 13.2 Å². The summed E-state index contributed by atoms with van der Waals surface area (Å²) in [5.74, 6) is -1.10.